The third-order valence-corrected chi connectivity index (χ3v) is 4.96. The Bertz CT molecular complexity index is 988. The summed E-state index contributed by atoms with van der Waals surface area (Å²) in [6, 6.07) is 4.21. The van der Waals surface area contributed by atoms with E-state index in [4.69, 9.17) is 33.5 Å². The van der Waals surface area contributed by atoms with Crippen LogP contribution < -0.4 is 5.73 Å². The molecule has 0 saturated heterocycles. The van der Waals surface area contributed by atoms with Gasteiger partial charge in [0.1, 0.15) is 23.0 Å². The molecule has 4 nitrogen and oxygen atoms in total. The van der Waals surface area contributed by atoms with E-state index < -0.39 is 28.4 Å². The van der Waals surface area contributed by atoms with Crippen molar-refractivity contribution in [2.24, 2.45) is 0 Å². The Kier molecular flexibility index (Phi) is 3.89. The Hall–Kier alpha value is -2.25. The van der Waals surface area contributed by atoms with E-state index in [1.54, 1.807) is 12.1 Å². The number of aromatic nitrogens is 2. The van der Waals surface area contributed by atoms with Crippen LogP contribution in [-0.2, 0) is 5.41 Å². The number of hydrogen-bond acceptors (Lipinski definition) is 4. The standard InChI is InChI=1S/C17H10Cl2F3N3O/c18-9-5-8(23)6-10(19)14(9)17(1-2-17)16-24-15(26-25-16)13-11(21)3-7(20)4-12(13)22/h3-6H,1-2,23H2. The van der Waals surface area contributed by atoms with Crippen LogP contribution in [0.5, 0.6) is 0 Å². The van der Waals surface area contributed by atoms with Gasteiger partial charge in [0.05, 0.1) is 5.41 Å². The first-order valence-corrected chi connectivity index (χ1v) is 8.31. The summed E-state index contributed by atoms with van der Waals surface area (Å²) in [7, 11) is 0. The molecule has 3 aromatic rings. The Morgan fingerprint density at radius 1 is 1.00 bits per heavy atom. The fourth-order valence-electron chi connectivity index (χ4n) is 3.03. The van der Waals surface area contributed by atoms with Gasteiger partial charge in [0.2, 0.25) is 0 Å². The number of halogens is 5. The first-order valence-electron chi connectivity index (χ1n) is 7.56. The Balaban J connectivity index is 1.81. The summed E-state index contributed by atoms with van der Waals surface area (Å²) in [5, 5.41) is 4.54. The molecular weight excluding hydrogens is 390 g/mol. The van der Waals surface area contributed by atoms with Crippen LogP contribution in [-0.4, -0.2) is 10.1 Å². The van der Waals surface area contributed by atoms with Gasteiger partial charge in [-0.2, -0.15) is 4.98 Å². The third kappa shape index (κ3) is 2.62. The number of rotatable bonds is 3. The van der Waals surface area contributed by atoms with E-state index in [9.17, 15) is 13.2 Å². The molecule has 26 heavy (non-hydrogen) atoms. The van der Waals surface area contributed by atoms with Crippen molar-refractivity contribution in [1.29, 1.82) is 0 Å². The van der Waals surface area contributed by atoms with Crippen LogP contribution in [0.1, 0.15) is 24.2 Å². The molecule has 0 amide bonds. The van der Waals surface area contributed by atoms with Crippen LogP contribution in [0.15, 0.2) is 28.8 Å². The highest BCUT2D eigenvalue weighted by molar-refractivity contribution is 6.36. The zero-order valence-electron chi connectivity index (χ0n) is 13.0. The highest BCUT2D eigenvalue weighted by Crippen LogP contribution is 2.56. The summed E-state index contributed by atoms with van der Waals surface area (Å²) in [5.74, 6) is -3.49. The van der Waals surface area contributed by atoms with Gasteiger partial charge in [0.25, 0.3) is 5.89 Å². The summed E-state index contributed by atoms with van der Waals surface area (Å²) in [6.45, 7) is 0. The minimum absolute atomic E-state index is 0.198. The molecule has 0 atom stereocenters. The number of anilines is 1. The lowest BCUT2D eigenvalue weighted by atomic mass is 9.94. The average Bonchev–Trinajstić information content (AvgIpc) is 3.15. The van der Waals surface area contributed by atoms with Gasteiger partial charge in [-0.1, -0.05) is 28.4 Å². The van der Waals surface area contributed by atoms with Crippen LogP contribution in [0.4, 0.5) is 18.9 Å². The Labute approximate surface area is 155 Å². The summed E-state index contributed by atoms with van der Waals surface area (Å²) in [4.78, 5) is 4.12. The number of nitrogens with two attached hydrogens (primary N) is 1. The van der Waals surface area contributed by atoms with Gasteiger partial charge in [0.15, 0.2) is 5.82 Å². The maximum absolute atomic E-state index is 14.0. The summed E-state index contributed by atoms with van der Waals surface area (Å²) in [5.41, 5.74) is 5.42. The van der Waals surface area contributed by atoms with Crippen LogP contribution in [0, 0.1) is 17.5 Å². The average molecular weight is 400 g/mol. The topological polar surface area (TPSA) is 64.9 Å². The smallest absolute Gasteiger partial charge is 0.263 e. The minimum Gasteiger partial charge on any atom is -0.399 e. The molecule has 9 heteroatoms. The summed E-state index contributed by atoms with van der Waals surface area (Å²) in [6.07, 6.45) is 1.26. The molecule has 0 spiro atoms. The molecule has 4 rings (SSSR count). The zero-order valence-corrected chi connectivity index (χ0v) is 14.5. The molecule has 0 bridgehead atoms. The van der Waals surface area contributed by atoms with E-state index in [2.05, 4.69) is 10.1 Å². The maximum atomic E-state index is 14.0. The Morgan fingerprint density at radius 3 is 2.12 bits per heavy atom. The molecule has 1 heterocycles. The molecule has 1 fully saturated rings. The second-order valence-corrected chi connectivity index (χ2v) is 6.92. The Morgan fingerprint density at radius 2 is 1.58 bits per heavy atom. The van der Waals surface area contributed by atoms with E-state index in [1.807, 2.05) is 0 Å². The van der Waals surface area contributed by atoms with Crippen molar-refractivity contribution in [3.05, 3.63) is 63.2 Å². The molecule has 1 aromatic heterocycles. The van der Waals surface area contributed by atoms with Gasteiger partial charge in [-0.05, 0) is 25.0 Å². The van der Waals surface area contributed by atoms with Gasteiger partial charge >= 0.3 is 0 Å². The molecule has 134 valence electrons. The van der Waals surface area contributed by atoms with Crippen molar-refractivity contribution in [2.75, 3.05) is 5.73 Å². The van der Waals surface area contributed by atoms with Crippen LogP contribution in [0.3, 0.4) is 0 Å². The molecule has 0 aliphatic heterocycles. The fourth-order valence-corrected chi connectivity index (χ4v) is 3.89. The third-order valence-electron chi connectivity index (χ3n) is 4.37. The number of hydrogen-bond donors (Lipinski definition) is 1. The summed E-state index contributed by atoms with van der Waals surface area (Å²) < 4.78 is 46.0. The second kappa shape index (κ2) is 5.89. The van der Waals surface area contributed by atoms with E-state index >= 15 is 0 Å². The molecule has 2 N–H and O–H groups in total. The number of benzene rings is 2. The molecule has 0 unspecified atom stereocenters. The normalized spacial score (nSPS) is 15.3. The van der Waals surface area contributed by atoms with Crippen molar-refractivity contribution < 1.29 is 17.7 Å². The van der Waals surface area contributed by atoms with Crippen LogP contribution in [0.25, 0.3) is 11.5 Å². The fraction of sp³-hybridized carbons (Fsp3) is 0.176. The van der Waals surface area contributed by atoms with E-state index in [0.29, 0.717) is 46.3 Å². The first-order chi connectivity index (χ1) is 12.3. The minimum atomic E-state index is -1.13. The van der Waals surface area contributed by atoms with Gasteiger partial charge in [-0.25, -0.2) is 13.2 Å². The number of nitrogens with zero attached hydrogens (tertiary/aromatic N) is 2. The van der Waals surface area contributed by atoms with Gasteiger partial charge < -0.3 is 10.3 Å². The second-order valence-electron chi connectivity index (χ2n) is 6.11. The van der Waals surface area contributed by atoms with Crippen molar-refractivity contribution in [1.82, 2.24) is 10.1 Å². The monoisotopic (exact) mass is 399 g/mol. The predicted octanol–water partition coefficient (Wildman–Crippen LogP) is 5.12. The SMILES string of the molecule is Nc1cc(Cl)c(C2(c3noc(-c4c(F)cc(F)cc4F)n3)CC2)c(Cl)c1. The predicted molar refractivity (Wildman–Crippen MR) is 90.5 cm³/mol. The molecular formula is C17H10Cl2F3N3O. The zero-order chi connectivity index (χ0) is 18.6. The highest BCUT2D eigenvalue weighted by atomic mass is 35.5. The molecule has 2 aromatic carbocycles. The summed E-state index contributed by atoms with van der Waals surface area (Å²) >= 11 is 12.6. The lowest BCUT2D eigenvalue weighted by Crippen LogP contribution is -2.13. The van der Waals surface area contributed by atoms with Crippen molar-refractivity contribution in [2.45, 2.75) is 18.3 Å². The maximum Gasteiger partial charge on any atom is 0.263 e. The lowest BCUT2D eigenvalue weighted by molar-refractivity contribution is 0.412. The van der Waals surface area contributed by atoms with E-state index in [-0.39, 0.29) is 11.7 Å². The van der Waals surface area contributed by atoms with Crippen molar-refractivity contribution >= 4 is 28.9 Å². The first kappa shape index (κ1) is 17.2. The van der Waals surface area contributed by atoms with Crippen LogP contribution >= 0.6 is 23.2 Å². The van der Waals surface area contributed by atoms with E-state index in [1.165, 1.54) is 0 Å². The lowest BCUT2D eigenvalue weighted by Gasteiger charge is -2.15. The number of nitrogen functional groups attached to an aromatic ring is 1. The molecule has 1 aliphatic carbocycles. The molecule has 1 saturated carbocycles. The van der Waals surface area contributed by atoms with Gasteiger partial charge in [-0.3, -0.25) is 0 Å². The molecule has 1 aliphatic rings. The van der Waals surface area contributed by atoms with Crippen molar-refractivity contribution in [3.63, 3.8) is 0 Å². The molecule has 0 radical (unpaired) electrons. The quantitative estimate of drug-likeness (QED) is 0.620. The van der Waals surface area contributed by atoms with Gasteiger partial charge in [0, 0.05) is 33.4 Å². The van der Waals surface area contributed by atoms with Crippen molar-refractivity contribution in [3.8, 4) is 11.5 Å². The van der Waals surface area contributed by atoms with E-state index in [0.717, 1.165) is 0 Å². The largest absolute Gasteiger partial charge is 0.399 e. The van der Waals surface area contributed by atoms with Gasteiger partial charge in [-0.15, -0.1) is 0 Å². The van der Waals surface area contributed by atoms with Crippen LogP contribution in [0.2, 0.25) is 10.0 Å². The highest BCUT2D eigenvalue weighted by Gasteiger charge is 2.52.